The molecule has 6 heteroatoms. The van der Waals surface area contributed by atoms with Gasteiger partial charge in [0, 0.05) is 12.3 Å². The summed E-state index contributed by atoms with van der Waals surface area (Å²) in [6.45, 7) is 4.02. The van der Waals surface area contributed by atoms with E-state index in [0.717, 1.165) is 24.8 Å². The van der Waals surface area contributed by atoms with Gasteiger partial charge in [0.05, 0.1) is 17.9 Å². The summed E-state index contributed by atoms with van der Waals surface area (Å²) in [6.07, 6.45) is 3.64. The van der Waals surface area contributed by atoms with E-state index in [4.69, 9.17) is 8.92 Å². The van der Waals surface area contributed by atoms with Crippen molar-refractivity contribution in [1.29, 1.82) is 0 Å². The summed E-state index contributed by atoms with van der Waals surface area (Å²) in [5, 5.41) is 0. The molecule has 5 nitrogen and oxygen atoms in total. The van der Waals surface area contributed by atoms with E-state index in [-0.39, 0.29) is 29.5 Å². The highest BCUT2D eigenvalue weighted by Gasteiger charge is 2.34. The monoisotopic (exact) mass is 340 g/mol. The predicted molar refractivity (Wildman–Crippen MR) is 86.4 cm³/mol. The van der Waals surface area contributed by atoms with Gasteiger partial charge in [0.2, 0.25) is 0 Å². The lowest BCUT2D eigenvalue weighted by molar-refractivity contribution is -0.141. The Kier molecular flexibility index (Phi) is 6.18. The summed E-state index contributed by atoms with van der Waals surface area (Å²) in [7, 11) is -3.76. The minimum atomic E-state index is -3.76. The first-order chi connectivity index (χ1) is 10.9. The van der Waals surface area contributed by atoms with Crippen LogP contribution in [0.1, 0.15) is 44.6 Å². The molecule has 0 saturated carbocycles. The third-order valence-electron chi connectivity index (χ3n) is 4.12. The number of cyclic esters (lactones) is 1. The summed E-state index contributed by atoms with van der Waals surface area (Å²) in [5.41, 5.74) is 0.987. The third kappa shape index (κ3) is 5.04. The quantitative estimate of drug-likeness (QED) is 0.537. The number of aryl methyl sites for hydroxylation is 1. The average Bonchev–Trinajstić information content (AvgIpc) is 2.85. The highest BCUT2D eigenvalue weighted by Crippen LogP contribution is 2.29. The van der Waals surface area contributed by atoms with E-state index in [9.17, 15) is 13.2 Å². The Labute approximate surface area is 138 Å². The molecule has 128 valence electrons. The number of carbonyl (C=O) groups excluding carboxylic acids is 1. The number of hydrogen-bond donors (Lipinski definition) is 0. The molecule has 1 fully saturated rings. The van der Waals surface area contributed by atoms with Crippen molar-refractivity contribution in [3.05, 3.63) is 29.8 Å². The Hall–Kier alpha value is -1.40. The largest absolute Gasteiger partial charge is 0.462 e. The molecular weight excluding hydrogens is 316 g/mol. The zero-order valence-electron chi connectivity index (χ0n) is 13.7. The van der Waals surface area contributed by atoms with E-state index in [2.05, 4.69) is 6.92 Å². The number of rotatable bonds is 8. The summed E-state index contributed by atoms with van der Waals surface area (Å²) in [5.74, 6) is -0.0226. The first-order valence-electron chi connectivity index (χ1n) is 8.08. The molecule has 1 aliphatic rings. The third-order valence-corrected chi connectivity index (χ3v) is 5.44. The standard InChI is InChI=1S/C17H24O5S/c1-3-4-5-14-12-17(18)22-16(14)10-11-21-23(19,20)15-8-6-13(2)7-9-15/h6-9,14,16H,3-5,10-12H2,1-2H3/t14-,16+/m0/s1. The SMILES string of the molecule is CCCC[C@H]1CC(=O)O[C@@H]1CCOS(=O)(=O)c1ccc(C)cc1. The van der Waals surface area contributed by atoms with Gasteiger partial charge in [-0.05, 0) is 25.5 Å². The fourth-order valence-corrected chi connectivity index (χ4v) is 3.68. The van der Waals surface area contributed by atoms with Crippen molar-refractivity contribution in [3.63, 3.8) is 0 Å². The van der Waals surface area contributed by atoms with Gasteiger partial charge in [-0.15, -0.1) is 0 Å². The first-order valence-corrected chi connectivity index (χ1v) is 9.49. The lowest BCUT2D eigenvalue weighted by Gasteiger charge is -2.17. The van der Waals surface area contributed by atoms with Gasteiger partial charge in [-0.2, -0.15) is 8.42 Å². The molecule has 0 aromatic heterocycles. The molecule has 2 rings (SSSR count). The zero-order chi connectivity index (χ0) is 16.9. The number of benzene rings is 1. The number of ether oxygens (including phenoxy) is 1. The van der Waals surface area contributed by atoms with Crippen LogP contribution < -0.4 is 0 Å². The molecule has 0 spiro atoms. The van der Waals surface area contributed by atoms with Crippen LogP contribution in [0, 0.1) is 12.8 Å². The van der Waals surface area contributed by atoms with Crippen LogP contribution in [0.3, 0.4) is 0 Å². The van der Waals surface area contributed by atoms with Gasteiger partial charge in [0.1, 0.15) is 6.10 Å². The van der Waals surface area contributed by atoms with Gasteiger partial charge in [0.15, 0.2) is 0 Å². The van der Waals surface area contributed by atoms with Crippen molar-refractivity contribution in [2.45, 2.75) is 57.0 Å². The second-order valence-corrected chi connectivity index (χ2v) is 7.63. The molecule has 0 radical (unpaired) electrons. The minimum absolute atomic E-state index is 0.0246. The maximum Gasteiger partial charge on any atom is 0.306 e. The van der Waals surface area contributed by atoms with Crippen LogP contribution in [0.25, 0.3) is 0 Å². The lowest BCUT2D eigenvalue weighted by atomic mass is 9.93. The van der Waals surface area contributed by atoms with E-state index < -0.39 is 10.1 Å². The predicted octanol–water partition coefficient (Wildman–Crippen LogP) is 3.21. The zero-order valence-corrected chi connectivity index (χ0v) is 14.5. The normalized spacial score (nSPS) is 21.4. The molecular formula is C17H24O5S. The smallest absolute Gasteiger partial charge is 0.306 e. The molecule has 1 heterocycles. The highest BCUT2D eigenvalue weighted by molar-refractivity contribution is 7.86. The average molecular weight is 340 g/mol. The summed E-state index contributed by atoms with van der Waals surface area (Å²) in [4.78, 5) is 11.6. The first kappa shape index (κ1) is 17.9. The van der Waals surface area contributed by atoms with Crippen LogP contribution in [0.4, 0.5) is 0 Å². The lowest BCUT2D eigenvalue weighted by Crippen LogP contribution is -2.20. The van der Waals surface area contributed by atoms with Crippen LogP contribution in [0.15, 0.2) is 29.2 Å². The van der Waals surface area contributed by atoms with Gasteiger partial charge in [-0.1, -0.05) is 37.5 Å². The molecule has 0 unspecified atom stereocenters. The molecule has 1 aromatic rings. The number of unbranched alkanes of at least 4 members (excludes halogenated alkanes) is 1. The Morgan fingerprint density at radius 2 is 1.91 bits per heavy atom. The molecule has 0 bridgehead atoms. The fourth-order valence-electron chi connectivity index (χ4n) is 2.75. The summed E-state index contributed by atoms with van der Waals surface area (Å²) >= 11 is 0. The minimum Gasteiger partial charge on any atom is -0.462 e. The Balaban J connectivity index is 1.88. The van der Waals surface area contributed by atoms with E-state index >= 15 is 0 Å². The van der Waals surface area contributed by atoms with Crippen LogP contribution in [0.2, 0.25) is 0 Å². The molecule has 1 saturated heterocycles. The molecule has 1 aromatic carbocycles. The fraction of sp³-hybridized carbons (Fsp3) is 0.588. The van der Waals surface area contributed by atoms with Crippen LogP contribution in [-0.2, 0) is 23.8 Å². The molecule has 2 atom stereocenters. The van der Waals surface area contributed by atoms with Crippen LogP contribution >= 0.6 is 0 Å². The summed E-state index contributed by atoms with van der Waals surface area (Å²) in [6, 6.07) is 6.53. The van der Waals surface area contributed by atoms with E-state index in [1.807, 2.05) is 6.92 Å². The topological polar surface area (TPSA) is 69.7 Å². The van der Waals surface area contributed by atoms with Crippen LogP contribution in [0.5, 0.6) is 0 Å². The maximum absolute atomic E-state index is 12.1. The van der Waals surface area contributed by atoms with Gasteiger partial charge >= 0.3 is 5.97 Å². The molecule has 0 N–H and O–H groups in total. The Morgan fingerprint density at radius 1 is 1.22 bits per heavy atom. The molecule has 0 amide bonds. The van der Waals surface area contributed by atoms with Crippen LogP contribution in [-0.4, -0.2) is 27.1 Å². The number of esters is 1. The number of carbonyl (C=O) groups is 1. The van der Waals surface area contributed by atoms with Crippen molar-refractivity contribution < 1.29 is 22.1 Å². The van der Waals surface area contributed by atoms with Crippen molar-refractivity contribution in [2.75, 3.05) is 6.61 Å². The van der Waals surface area contributed by atoms with Gasteiger partial charge < -0.3 is 4.74 Å². The highest BCUT2D eigenvalue weighted by atomic mass is 32.2. The molecule has 23 heavy (non-hydrogen) atoms. The van der Waals surface area contributed by atoms with Gasteiger partial charge in [0.25, 0.3) is 10.1 Å². The van der Waals surface area contributed by atoms with Crippen molar-refractivity contribution in [3.8, 4) is 0 Å². The van der Waals surface area contributed by atoms with Gasteiger partial charge in [-0.3, -0.25) is 8.98 Å². The second-order valence-electron chi connectivity index (χ2n) is 6.01. The van der Waals surface area contributed by atoms with Gasteiger partial charge in [-0.25, -0.2) is 0 Å². The molecule has 1 aliphatic heterocycles. The number of hydrogen-bond acceptors (Lipinski definition) is 5. The van der Waals surface area contributed by atoms with Crippen molar-refractivity contribution in [1.82, 2.24) is 0 Å². The second kappa shape index (κ2) is 7.93. The summed E-state index contributed by atoms with van der Waals surface area (Å²) < 4.78 is 34.6. The van der Waals surface area contributed by atoms with Crippen molar-refractivity contribution >= 4 is 16.1 Å². The maximum atomic E-state index is 12.1. The Morgan fingerprint density at radius 3 is 2.57 bits per heavy atom. The van der Waals surface area contributed by atoms with E-state index in [0.29, 0.717) is 12.8 Å². The molecule has 0 aliphatic carbocycles. The van der Waals surface area contributed by atoms with E-state index in [1.54, 1.807) is 12.1 Å². The Bertz CT molecular complexity index is 621. The van der Waals surface area contributed by atoms with E-state index in [1.165, 1.54) is 12.1 Å². The van der Waals surface area contributed by atoms with Crippen molar-refractivity contribution in [2.24, 2.45) is 5.92 Å².